The van der Waals surface area contributed by atoms with Crippen LogP contribution in [0.4, 0.5) is 0 Å². The van der Waals surface area contributed by atoms with Crippen LogP contribution in [0.3, 0.4) is 0 Å². The first-order valence-corrected chi connectivity index (χ1v) is 6.65. The molecule has 0 spiro atoms. The van der Waals surface area contributed by atoms with Gasteiger partial charge in [0.05, 0.1) is 11.7 Å². The molecule has 0 saturated carbocycles. The van der Waals surface area contributed by atoms with Crippen LogP contribution in [-0.4, -0.2) is 17.2 Å². The zero-order valence-electron chi connectivity index (χ0n) is 11.3. The molecule has 0 aromatic heterocycles. The molecule has 104 valence electrons. The van der Waals surface area contributed by atoms with Gasteiger partial charge in [0, 0.05) is 5.02 Å². The van der Waals surface area contributed by atoms with Crippen LogP contribution in [0, 0.1) is 0 Å². The van der Waals surface area contributed by atoms with Crippen LogP contribution in [0.2, 0.25) is 5.02 Å². The predicted molar refractivity (Wildman–Crippen MR) is 79.6 cm³/mol. The summed E-state index contributed by atoms with van der Waals surface area (Å²) in [5.41, 5.74) is 1.59. The summed E-state index contributed by atoms with van der Waals surface area (Å²) < 4.78 is 5.63. The Bertz CT molecular complexity index is 635. The Labute approximate surface area is 122 Å². The molecular formula is C16H15ClO3. The minimum atomic E-state index is -1.00. The van der Waals surface area contributed by atoms with Crippen molar-refractivity contribution >= 4 is 17.6 Å². The molecule has 0 heterocycles. The normalized spacial score (nSPS) is 10.6. The third-order valence-corrected chi connectivity index (χ3v) is 2.96. The Morgan fingerprint density at radius 3 is 2.60 bits per heavy atom. The number of carbonyl (C=O) groups is 1. The number of rotatable bonds is 4. The van der Waals surface area contributed by atoms with Crippen LogP contribution < -0.4 is 4.74 Å². The van der Waals surface area contributed by atoms with E-state index in [1.165, 1.54) is 6.07 Å². The van der Waals surface area contributed by atoms with Gasteiger partial charge in [-0.15, -0.1) is 0 Å². The number of hydrogen-bond acceptors (Lipinski definition) is 2. The third-order valence-electron chi connectivity index (χ3n) is 2.73. The standard InChI is InChI=1S/C16H15ClO3/c1-10(2)20-13-5-3-4-11(8-13)14-7-6-12(17)9-15(14)16(18)19/h3-10H,1-2H3,(H,18,19). The lowest BCUT2D eigenvalue weighted by Gasteiger charge is -2.12. The number of hydrogen-bond donors (Lipinski definition) is 1. The second-order valence-corrected chi connectivity index (χ2v) is 5.13. The first-order valence-electron chi connectivity index (χ1n) is 6.27. The Hall–Kier alpha value is -2.00. The number of halogens is 1. The number of aromatic carboxylic acids is 1. The third kappa shape index (κ3) is 3.31. The Balaban J connectivity index is 2.48. The molecule has 0 bridgehead atoms. The van der Waals surface area contributed by atoms with E-state index in [2.05, 4.69) is 0 Å². The average molecular weight is 291 g/mol. The molecule has 0 unspecified atom stereocenters. The van der Waals surface area contributed by atoms with Gasteiger partial charge in [-0.3, -0.25) is 0 Å². The highest BCUT2D eigenvalue weighted by Crippen LogP contribution is 2.29. The van der Waals surface area contributed by atoms with Gasteiger partial charge in [0.15, 0.2) is 0 Å². The highest BCUT2D eigenvalue weighted by atomic mass is 35.5. The molecule has 0 amide bonds. The maximum absolute atomic E-state index is 11.3. The summed E-state index contributed by atoms with van der Waals surface area (Å²) in [4.78, 5) is 11.3. The zero-order valence-corrected chi connectivity index (χ0v) is 12.0. The lowest BCUT2D eigenvalue weighted by atomic mass is 9.99. The first kappa shape index (κ1) is 14.4. The molecule has 0 aliphatic heterocycles. The lowest BCUT2D eigenvalue weighted by Crippen LogP contribution is -2.05. The van der Waals surface area contributed by atoms with E-state index in [1.54, 1.807) is 12.1 Å². The first-order chi connectivity index (χ1) is 9.47. The van der Waals surface area contributed by atoms with Gasteiger partial charge in [0.25, 0.3) is 0 Å². The molecule has 0 fully saturated rings. The summed E-state index contributed by atoms with van der Waals surface area (Å²) in [6.45, 7) is 3.88. The van der Waals surface area contributed by atoms with E-state index in [4.69, 9.17) is 16.3 Å². The van der Waals surface area contributed by atoms with Crippen LogP contribution in [0.5, 0.6) is 5.75 Å². The van der Waals surface area contributed by atoms with Crippen LogP contribution >= 0.6 is 11.6 Å². The molecule has 2 aromatic rings. The van der Waals surface area contributed by atoms with Gasteiger partial charge >= 0.3 is 5.97 Å². The van der Waals surface area contributed by atoms with Crippen LogP contribution in [0.15, 0.2) is 42.5 Å². The maximum atomic E-state index is 11.3. The monoisotopic (exact) mass is 290 g/mol. The van der Waals surface area contributed by atoms with E-state index in [9.17, 15) is 9.90 Å². The molecule has 0 atom stereocenters. The van der Waals surface area contributed by atoms with Gasteiger partial charge in [0.2, 0.25) is 0 Å². The topological polar surface area (TPSA) is 46.5 Å². The fourth-order valence-corrected chi connectivity index (χ4v) is 2.13. The highest BCUT2D eigenvalue weighted by Gasteiger charge is 2.13. The minimum absolute atomic E-state index is 0.0643. The van der Waals surface area contributed by atoms with Gasteiger partial charge in [-0.05, 0) is 49.2 Å². The van der Waals surface area contributed by atoms with Crippen molar-refractivity contribution in [2.45, 2.75) is 20.0 Å². The fraction of sp³-hybridized carbons (Fsp3) is 0.188. The molecule has 0 radical (unpaired) electrons. The second-order valence-electron chi connectivity index (χ2n) is 4.69. The van der Waals surface area contributed by atoms with Crippen molar-refractivity contribution in [2.24, 2.45) is 0 Å². The molecule has 1 N–H and O–H groups in total. The second kappa shape index (κ2) is 5.97. The fourth-order valence-electron chi connectivity index (χ4n) is 1.95. The summed E-state index contributed by atoms with van der Waals surface area (Å²) in [5.74, 6) is -0.290. The summed E-state index contributed by atoms with van der Waals surface area (Å²) in [7, 11) is 0. The quantitative estimate of drug-likeness (QED) is 0.902. The van der Waals surface area contributed by atoms with Gasteiger partial charge < -0.3 is 9.84 Å². The van der Waals surface area contributed by atoms with Crippen molar-refractivity contribution in [3.05, 3.63) is 53.1 Å². The van der Waals surface area contributed by atoms with Gasteiger partial charge in [-0.2, -0.15) is 0 Å². The van der Waals surface area contributed by atoms with Gasteiger partial charge in [-0.25, -0.2) is 4.79 Å². The van der Waals surface area contributed by atoms with E-state index < -0.39 is 5.97 Å². The Kier molecular flexibility index (Phi) is 4.30. The number of carboxylic acid groups (broad SMARTS) is 1. The molecule has 0 aliphatic rings. The Morgan fingerprint density at radius 1 is 1.20 bits per heavy atom. The minimum Gasteiger partial charge on any atom is -0.491 e. The van der Waals surface area contributed by atoms with Crippen LogP contribution in [0.25, 0.3) is 11.1 Å². The smallest absolute Gasteiger partial charge is 0.336 e. The van der Waals surface area contributed by atoms with E-state index >= 15 is 0 Å². The molecular weight excluding hydrogens is 276 g/mol. The summed E-state index contributed by atoms with van der Waals surface area (Å²) in [6.07, 6.45) is 0.0643. The predicted octanol–water partition coefficient (Wildman–Crippen LogP) is 4.49. The molecule has 0 aliphatic carbocycles. The average Bonchev–Trinajstić information content (AvgIpc) is 2.38. The largest absolute Gasteiger partial charge is 0.491 e. The summed E-state index contributed by atoms with van der Waals surface area (Å²) in [6, 6.07) is 12.2. The zero-order chi connectivity index (χ0) is 14.7. The number of benzene rings is 2. The SMILES string of the molecule is CC(C)Oc1cccc(-c2ccc(Cl)cc2C(=O)O)c1. The highest BCUT2D eigenvalue weighted by molar-refractivity contribution is 6.31. The summed E-state index contributed by atoms with van der Waals surface area (Å²) >= 11 is 5.86. The van der Waals surface area contributed by atoms with Crippen molar-refractivity contribution in [1.82, 2.24) is 0 Å². The van der Waals surface area contributed by atoms with Crippen molar-refractivity contribution in [2.75, 3.05) is 0 Å². The number of ether oxygens (including phenoxy) is 1. The van der Waals surface area contributed by atoms with E-state index in [0.29, 0.717) is 16.3 Å². The van der Waals surface area contributed by atoms with Crippen LogP contribution in [0.1, 0.15) is 24.2 Å². The van der Waals surface area contributed by atoms with Crippen molar-refractivity contribution < 1.29 is 14.6 Å². The van der Waals surface area contributed by atoms with Crippen LogP contribution in [-0.2, 0) is 0 Å². The molecule has 2 aromatic carbocycles. The molecule has 4 heteroatoms. The maximum Gasteiger partial charge on any atom is 0.336 e. The van der Waals surface area contributed by atoms with Gasteiger partial charge in [-0.1, -0.05) is 29.8 Å². The van der Waals surface area contributed by atoms with Gasteiger partial charge in [0.1, 0.15) is 5.75 Å². The molecule has 3 nitrogen and oxygen atoms in total. The van der Waals surface area contributed by atoms with E-state index in [0.717, 1.165) is 5.56 Å². The van der Waals surface area contributed by atoms with Crippen molar-refractivity contribution in [1.29, 1.82) is 0 Å². The van der Waals surface area contributed by atoms with E-state index in [-0.39, 0.29) is 11.7 Å². The summed E-state index contributed by atoms with van der Waals surface area (Å²) in [5, 5.41) is 9.68. The molecule has 20 heavy (non-hydrogen) atoms. The lowest BCUT2D eigenvalue weighted by molar-refractivity contribution is 0.0697. The van der Waals surface area contributed by atoms with Crippen molar-refractivity contribution in [3.8, 4) is 16.9 Å². The number of carboxylic acids is 1. The van der Waals surface area contributed by atoms with E-state index in [1.807, 2.05) is 38.1 Å². The van der Waals surface area contributed by atoms with Crippen molar-refractivity contribution in [3.63, 3.8) is 0 Å². The molecule has 2 rings (SSSR count). The molecule has 0 saturated heterocycles. The Morgan fingerprint density at radius 2 is 1.95 bits per heavy atom.